The number of amides is 1. The second-order valence-corrected chi connectivity index (χ2v) is 2.60. The van der Waals surface area contributed by atoms with E-state index >= 15 is 0 Å². The average Bonchev–Trinajstić information content (AvgIpc) is 1.94. The van der Waals surface area contributed by atoms with E-state index in [1.807, 2.05) is 0 Å². The molecule has 0 aromatic carbocycles. The summed E-state index contributed by atoms with van der Waals surface area (Å²) < 4.78 is 12.5. The predicted octanol–water partition coefficient (Wildman–Crippen LogP) is 0.0691. The maximum atomic E-state index is 12.5. The van der Waals surface area contributed by atoms with E-state index in [-0.39, 0.29) is 19.5 Å². The highest BCUT2D eigenvalue weighted by atomic mass is 19.1. The first-order chi connectivity index (χ1) is 5.11. The van der Waals surface area contributed by atoms with E-state index in [1.165, 1.54) is 0 Å². The zero-order chi connectivity index (χ0) is 8.43. The molecule has 1 aliphatic heterocycles. The number of hydrogen-bond acceptors (Lipinski definition) is 2. The number of carboxylic acid groups (broad SMARTS) is 1. The molecule has 1 fully saturated rings. The fourth-order valence-electron chi connectivity index (χ4n) is 1.08. The van der Waals surface area contributed by atoms with Crippen molar-refractivity contribution in [1.29, 1.82) is 0 Å². The Morgan fingerprint density at radius 2 is 2.27 bits per heavy atom. The van der Waals surface area contributed by atoms with Crippen LogP contribution in [-0.4, -0.2) is 46.6 Å². The zero-order valence-electron chi connectivity index (χ0n) is 5.90. The van der Waals surface area contributed by atoms with Gasteiger partial charge in [-0.2, -0.15) is 0 Å². The highest BCUT2D eigenvalue weighted by molar-refractivity contribution is 5.65. The number of nitrogens with zero attached hydrogens (tertiary/aromatic N) is 1. The van der Waals surface area contributed by atoms with Gasteiger partial charge in [-0.1, -0.05) is 0 Å². The maximum Gasteiger partial charge on any atom is 0.407 e. The molecule has 0 saturated carbocycles. The Bertz CT molecular complexity index is 164. The summed E-state index contributed by atoms with van der Waals surface area (Å²) >= 11 is 0. The summed E-state index contributed by atoms with van der Waals surface area (Å²) in [5.41, 5.74) is 0. The van der Waals surface area contributed by atoms with Crippen molar-refractivity contribution in [2.75, 3.05) is 13.1 Å². The van der Waals surface area contributed by atoms with Crippen LogP contribution in [-0.2, 0) is 0 Å². The molecule has 0 bridgehead atoms. The molecule has 11 heavy (non-hydrogen) atoms. The number of carbonyl (C=O) groups is 1. The Labute approximate surface area is 63.2 Å². The van der Waals surface area contributed by atoms with E-state index in [0.29, 0.717) is 0 Å². The van der Waals surface area contributed by atoms with Gasteiger partial charge in [-0.3, -0.25) is 0 Å². The van der Waals surface area contributed by atoms with Crippen LogP contribution in [0.1, 0.15) is 6.42 Å². The van der Waals surface area contributed by atoms with Crippen LogP contribution < -0.4 is 0 Å². The summed E-state index contributed by atoms with van der Waals surface area (Å²) in [4.78, 5) is 11.3. The molecule has 5 heteroatoms. The monoisotopic (exact) mass is 163 g/mol. The third-order valence-electron chi connectivity index (χ3n) is 1.77. The molecular formula is C6H10FNO3. The number of alkyl halides is 1. The van der Waals surface area contributed by atoms with E-state index in [1.54, 1.807) is 0 Å². The standard InChI is InChI=1S/C6H10FNO3/c7-4-1-2-8(6(10)11)3-5(4)9/h4-5,9H,1-3H2,(H,10,11)/t4-,5+/m1/s1. The summed E-state index contributed by atoms with van der Waals surface area (Å²) in [5.74, 6) is 0. The van der Waals surface area contributed by atoms with Gasteiger partial charge < -0.3 is 15.1 Å². The van der Waals surface area contributed by atoms with Crippen LogP contribution >= 0.6 is 0 Å². The van der Waals surface area contributed by atoms with Crippen LogP contribution in [0.25, 0.3) is 0 Å². The molecular weight excluding hydrogens is 153 g/mol. The number of piperidine rings is 1. The Morgan fingerprint density at radius 1 is 1.64 bits per heavy atom. The van der Waals surface area contributed by atoms with E-state index in [9.17, 15) is 9.18 Å². The maximum absolute atomic E-state index is 12.5. The molecule has 2 atom stereocenters. The van der Waals surface area contributed by atoms with Crippen LogP contribution in [0.3, 0.4) is 0 Å². The van der Waals surface area contributed by atoms with Crippen molar-refractivity contribution in [3.63, 3.8) is 0 Å². The van der Waals surface area contributed by atoms with Crippen molar-refractivity contribution >= 4 is 6.09 Å². The first kappa shape index (κ1) is 8.26. The predicted molar refractivity (Wildman–Crippen MR) is 35.1 cm³/mol. The lowest BCUT2D eigenvalue weighted by Crippen LogP contribution is -2.47. The highest BCUT2D eigenvalue weighted by Gasteiger charge is 2.29. The topological polar surface area (TPSA) is 60.8 Å². The lowest BCUT2D eigenvalue weighted by molar-refractivity contribution is 0.00800. The molecule has 1 rings (SSSR count). The SMILES string of the molecule is O=C(O)N1CC[C@@H](F)[C@@H](O)C1. The zero-order valence-corrected chi connectivity index (χ0v) is 5.90. The van der Waals surface area contributed by atoms with Gasteiger partial charge in [0.1, 0.15) is 12.3 Å². The second-order valence-electron chi connectivity index (χ2n) is 2.60. The quantitative estimate of drug-likeness (QED) is 0.531. The minimum absolute atomic E-state index is 0.0907. The smallest absolute Gasteiger partial charge is 0.407 e. The van der Waals surface area contributed by atoms with Gasteiger partial charge in [0.15, 0.2) is 0 Å². The first-order valence-corrected chi connectivity index (χ1v) is 3.41. The molecule has 1 amide bonds. The number of likely N-dealkylation sites (tertiary alicyclic amines) is 1. The molecule has 2 N–H and O–H groups in total. The lowest BCUT2D eigenvalue weighted by Gasteiger charge is -2.29. The Hall–Kier alpha value is -0.840. The summed E-state index contributed by atoms with van der Waals surface area (Å²) in [7, 11) is 0. The van der Waals surface area contributed by atoms with Gasteiger partial charge in [-0.25, -0.2) is 9.18 Å². The van der Waals surface area contributed by atoms with E-state index in [2.05, 4.69) is 0 Å². The summed E-state index contributed by atoms with van der Waals surface area (Å²) in [5, 5.41) is 17.4. The fraction of sp³-hybridized carbons (Fsp3) is 0.833. The first-order valence-electron chi connectivity index (χ1n) is 3.41. The number of halogens is 1. The molecule has 1 heterocycles. The molecule has 0 spiro atoms. The van der Waals surface area contributed by atoms with Crippen LogP contribution in [0.5, 0.6) is 0 Å². The molecule has 0 unspecified atom stereocenters. The molecule has 0 aromatic rings. The number of aliphatic hydroxyl groups excluding tert-OH is 1. The summed E-state index contributed by atoms with van der Waals surface area (Å²) in [6.07, 6.45) is -3.44. The number of aliphatic hydroxyl groups is 1. The van der Waals surface area contributed by atoms with Gasteiger partial charge in [0.25, 0.3) is 0 Å². The highest BCUT2D eigenvalue weighted by Crippen LogP contribution is 2.13. The van der Waals surface area contributed by atoms with Gasteiger partial charge in [-0.05, 0) is 6.42 Å². The van der Waals surface area contributed by atoms with Crippen molar-refractivity contribution < 1.29 is 19.4 Å². The van der Waals surface area contributed by atoms with E-state index in [0.717, 1.165) is 4.90 Å². The molecule has 0 aromatic heterocycles. The van der Waals surface area contributed by atoms with Gasteiger partial charge >= 0.3 is 6.09 Å². The molecule has 4 nitrogen and oxygen atoms in total. The molecule has 1 aliphatic rings. The molecule has 64 valence electrons. The molecule has 0 radical (unpaired) electrons. The van der Waals surface area contributed by atoms with Crippen LogP contribution in [0.2, 0.25) is 0 Å². The number of β-amino-alcohol motifs (C(OH)–C–C–N with tert-alkyl or cyclic N) is 1. The van der Waals surface area contributed by atoms with Crippen molar-refractivity contribution in [3.8, 4) is 0 Å². The van der Waals surface area contributed by atoms with Crippen molar-refractivity contribution in [1.82, 2.24) is 4.90 Å². The fourth-order valence-corrected chi connectivity index (χ4v) is 1.08. The summed E-state index contributed by atoms with van der Waals surface area (Å²) in [6, 6.07) is 0. The second kappa shape index (κ2) is 3.04. The molecule has 0 aliphatic carbocycles. The lowest BCUT2D eigenvalue weighted by atomic mass is 10.1. The van der Waals surface area contributed by atoms with Gasteiger partial charge in [-0.15, -0.1) is 0 Å². The molecule has 1 saturated heterocycles. The normalized spacial score (nSPS) is 32.0. The largest absolute Gasteiger partial charge is 0.465 e. The van der Waals surface area contributed by atoms with Gasteiger partial charge in [0.2, 0.25) is 0 Å². The van der Waals surface area contributed by atoms with Crippen molar-refractivity contribution in [2.24, 2.45) is 0 Å². The average molecular weight is 163 g/mol. The van der Waals surface area contributed by atoms with Crippen LogP contribution in [0.15, 0.2) is 0 Å². The van der Waals surface area contributed by atoms with E-state index in [4.69, 9.17) is 10.2 Å². The third kappa shape index (κ3) is 1.80. The Kier molecular flexibility index (Phi) is 2.28. The Balaban J connectivity index is 2.46. The van der Waals surface area contributed by atoms with Gasteiger partial charge in [0.05, 0.1) is 6.54 Å². The Morgan fingerprint density at radius 3 is 2.73 bits per heavy atom. The number of rotatable bonds is 0. The van der Waals surface area contributed by atoms with Gasteiger partial charge in [0, 0.05) is 6.54 Å². The van der Waals surface area contributed by atoms with Crippen molar-refractivity contribution in [3.05, 3.63) is 0 Å². The van der Waals surface area contributed by atoms with E-state index < -0.39 is 18.4 Å². The van der Waals surface area contributed by atoms with Crippen LogP contribution in [0, 0.1) is 0 Å². The number of hydrogen-bond donors (Lipinski definition) is 2. The minimum atomic E-state index is -1.27. The van der Waals surface area contributed by atoms with Crippen molar-refractivity contribution in [2.45, 2.75) is 18.7 Å². The van der Waals surface area contributed by atoms with Crippen LogP contribution in [0.4, 0.5) is 9.18 Å². The summed E-state index contributed by atoms with van der Waals surface area (Å²) in [6.45, 7) is 0.0596. The minimum Gasteiger partial charge on any atom is -0.465 e. The third-order valence-corrected chi connectivity index (χ3v) is 1.77.